The lowest BCUT2D eigenvalue weighted by molar-refractivity contribution is -0.132. The van der Waals surface area contributed by atoms with Crippen molar-refractivity contribution in [2.45, 2.75) is 39.2 Å². The van der Waals surface area contributed by atoms with Gasteiger partial charge in [0.1, 0.15) is 5.75 Å². The molecule has 0 aromatic heterocycles. The van der Waals surface area contributed by atoms with Crippen LogP contribution >= 0.6 is 0 Å². The van der Waals surface area contributed by atoms with Crippen LogP contribution in [0.25, 0.3) is 10.8 Å². The Balaban J connectivity index is 1.50. The molecule has 3 rings (SSSR count). The van der Waals surface area contributed by atoms with Crippen LogP contribution in [0.5, 0.6) is 5.75 Å². The van der Waals surface area contributed by atoms with E-state index < -0.39 is 0 Å². The fourth-order valence-corrected chi connectivity index (χ4v) is 4.21. The van der Waals surface area contributed by atoms with Crippen molar-refractivity contribution in [2.24, 2.45) is 5.92 Å². The van der Waals surface area contributed by atoms with Crippen LogP contribution in [0.3, 0.4) is 0 Å². The van der Waals surface area contributed by atoms with E-state index in [2.05, 4.69) is 28.4 Å². The van der Waals surface area contributed by atoms with Gasteiger partial charge in [-0.1, -0.05) is 25.1 Å². The van der Waals surface area contributed by atoms with Gasteiger partial charge in [0.05, 0.1) is 13.7 Å². The maximum absolute atomic E-state index is 12.8. The first-order valence-electron chi connectivity index (χ1n) is 11.3. The van der Waals surface area contributed by atoms with Gasteiger partial charge in [0.2, 0.25) is 11.8 Å². The molecule has 2 aromatic carbocycles. The standard InChI is InChI=1S/C25H35N3O3/c1-4-6-24(29)26-15-20-7-5-12-28(17-20)18-25(30)27(2)16-19-8-9-22-14-23(31-3)11-10-21(22)13-19/h8-11,13-14,20H,4-7,12,15-18H2,1-3H3,(H,26,29). The molecule has 0 spiro atoms. The number of likely N-dealkylation sites (N-methyl/N-ethyl adjacent to an activating group) is 1. The van der Waals surface area contributed by atoms with Crippen LogP contribution < -0.4 is 10.1 Å². The number of carbonyl (C=O) groups excluding carboxylic acids is 2. The monoisotopic (exact) mass is 425 g/mol. The molecule has 6 heteroatoms. The Kier molecular flexibility index (Phi) is 8.29. The number of methoxy groups -OCH3 is 1. The quantitative estimate of drug-likeness (QED) is 0.669. The highest BCUT2D eigenvalue weighted by atomic mass is 16.5. The molecule has 2 amide bonds. The van der Waals surface area contributed by atoms with Crippen molar-refractivity contribution in [1.82, 2.24) is 15.1 Å². The fourth-order valence-electron chi connectivity index (χ4n) is 4.21. The zero-order chi connectivity index (χ0) is 22.2. The molecule has 1 aliphatic rings. The second-order valence-corrected chi connectivity index (χ2v) is 8.59. The number of carbonyl (C=O) groups is 2. The third-order valence-corrected chi connectivity index (χ3v) is 5.98. The predicted molar refractivity (Wildman–Crippen MR) is 124 cm³/mol. The van der Waals surface area contributed by atoms with Gasteiger partial charge in [-0.25, -0.2) is 0 Å². The summed E-state index contributed by atoms with van der Waals surface area (Å²) >= 11 is 0. The number of amides is 2. The number of likely N-dealkylation sites (tertiary alicyclic amines) is 1. The van der Waals surface area contributed by atoms with Gasteiger partial charge in [0, 0.05) is 33.1 Å². The van der Waals surface area contributed by atoms with Crippen LogP contribution in [0.1, 0.15) is 38.2 Å². The van der Waals surface area contributed by atoms with E-state index in [4.69, 9.17) is 4.74 Å². The molecule has 31 heavy (non-hydrogen) atoms. The third-order valence-electron chi connectivity index (χ3n) is 5.98. The molecular formula is C25H35N3O3. The molecule has 0 bridgehead atoms. The molecule has 1 unspecified atom stereocenters. The summed E-state index contributed by atoms with van der Waals surface area (Å²) in [5, 5.41) is 5.30. The molecule has 1 aliphatic heterocycles. The lowest BCUT2D eigenvalue weighted by Crippen LogP contribution is -2.45. The van der Waals surface area contributed by atoms with Crippen molar-refractivity contribution in [1.29, 1.82) is 0 Å². The minimum Gasteiger partial charge on any atom is -0.497 e. The maximum atomic E-state index is 12.8. The second kappa shape index (κ2) is 11.1. The molecule has 1 heterocycles. The van der Waals surface area contributed by atoms with Crippen molar-refractivity contribution in [2.75, 3.05) is 40.3 Å². The zero-order valence-electron chi connectivity index (χ0n) is 19.0. The van der Waals surface area contributed by atoms with Gasteiger partial charge in [-0.05, 0) is 66.3 Å². The van der Waals surface area contributed by atoms with Crippen LogP contribution in [-0.4, -0.2) is 62.0 Å². The summed E-state index contributed by atoms with van der Waals surface area (Å²) < 4.78 is 5.29. The predicted octanol–water partition coefficient (Wildman–Crippen LogP) is 3.44. The summed E-state index contributed by atoms with van der Waals surface area (Å²) in [6, 6.07) is 12.3. The van der Waals surface area contributed by atoms with Gasteiger partial charge in [-0.3, -0.25) is 14.5 Å². The topological polar surface area (TPSA) is 61.9 Å². The highest BCUT2D eigenvalue weighted by molar-refractivity contribution is 5.85. The Hall–Kier alpha value is -2.60. The minimum absolute atomic E-state index is 0.129. The molecule has 2 aromatic rings. The normalized spacial score (nSPS) is 16.8. The van der Waals surface area contributed by atoms with E-state index in [-0.39, 0.29) is 11.8 Å². The highest BCUT2D eigenvalue weighted by Gasteiger charge is 2.23. The summed E-state index contributed by atoms with van der Waals surface area (Å²) in [4.78, 5) is 28.6. The van der Waals surface area contributed by atoms with Crippen LogP contribution in [0.15, 0.2) is 36.4 Å². The fraction of sp³-hybridized carbons (Fsp3) is 0.520. The lowest BCUT2D eigenvalue weighted by atomic mass is 9.98. The van der Waals surface area contributed by atoms with Gasteiger partial charge in [-0.2, -0.15) is 0 Å². The van der Waals surface area contributed by atoms with Crippen molar-refractivity contribution in [3.05, 3.63) is 42.0 Å². The molecule has 6 nitrogen and oxygen atoms in total. The molecule has 0 aliphatic carbocycles. The van der Waals surface area contributed by atoms with Crippen molar-refractivity contribution in [3.8, 4) is 5.75 Å². The molecule has 0 radical (unpaired) electrons. The highest BCUT2D eigenvalue weighted by Crippen LogP contribution is 2.22. The van der Waals surface area contributed by atoms with Crippen molar-refractivity contribution >= 4 is 22.6 Å². The summed E-state index contributed by atoms with van der Waals surface area (Å²) in [6.07, 6.45) is 3.63. The Morgan fingerprint density at radius 3 is 2.74 bits per heavy atom. The molecular weight excluding hydrogens is 390 g/mol. The van der Waals surface area contributed by atoms with Crippen LogP contribution in [0.4, 0.5) is 0 Å². The maximum Gasteiger partial charge on any atom is 0.236 e. The first kappa shape index (κ1) is 23.1. The molecule has 1 fully saturated rings. The Labute approximate surface area is 185 Å². The van der Waals surface area contributed by atoms with Crippen molar-refractivity contribution in [3.63, 3.8) is 0 Å². The first-order chi connectivity index (χ1) is 15.0. The van der Waals surface area contributed by atoms with E-state index in [0.717, 1.165) is 54.4 Å². The van der Waals surface area contributed by atoms with Crippen LogP contribution in [0, 0.1) is 5.92 Å². The Bertz CT molecular complexity index is 899. The van der Waals surface area contributed by atoms with Crippen LogP contribution in [-0.2, 0) is 16.1 Å². The summed E-state index contributed by atoms with van der Waals surface area (Å²) in [7, 11) is 3.54. The third kappa shape index (κ3) is 6.69. The smallest absolute Gasteiger partial charge is 0.236 e. The second-order valence-electron chi connectivity index (χ2n) is 8.59. The number of nitrogens with zero attached hydrogens (tertiary/aromatic N) is 2. The van der Waals surface area contributed by atoms with Crippen LogP contribution in [0.2, 0.25) is 0 Å². The zero-order valence-corrected chi connectivity index (χ0v) is 19.0. The minimum atomic E-state index is 0.129. The number of fused-ring (bicyclic) bond motifs is 1. The van der Waals surface area contributed by atoms with Gasteiger partial charge in [-0.15, -0.1) is 0 Å². The van der Waals surface area contributed by atoms with Crippen molar-refractivity contribution < 1.29 is 14.3 Å². The SMILES string of the molecule is CCCC(=O)NCC1CCCN(CC(=O)N(C)Cc2ccc3cc(OC)ccc3c2)C1. The van der Waals surface area contributed by atoms with Gasteiger partial charge in [0.25, 0.3) is 0 Å². The van der Waals surface area contributed by atoms with E-state index in [1.807, 2.05) is 32.2 Å². The first-order valence-corrected chi connectivity index (χ1v) is 11.3. The van der Waals surface area contributed by atoms with E-state index in [1.54, 1.807) is 12.0 Å². The molecule has 1 saturated heterocycles. The lowest BCUT2D eigenvalue weighted by Gasteiger charge is -2.33. The van der Waals surface area contributed by atoms with E-state index >= 15 is 0 Å². The molecule has 1 N–H and O–H groups in total. The number of ether oxygens (including phenoxy) is 1. The molecule has 168 valence electrons. The van der Waals surface area contributed by atoms with E-state index in [9.17, 15) is 9.59 Å². The average molecular weight is 426 g/mol. The summed E-state index contributed by atoms with van der Waals surface area (Å²) in [5.74, 6) is 1.53. The average Bonchev–Trinajstić information content (AvgIpc) is 2.77. The summed E-state index contributed by atoms with van der Waals surface area (Å²) in [6.45, 7) is 5.55. The van der Waals surface area contributed by atoms with Gasteiger partial charge in [0.15, 0.2) is 0 Å². The molecule has 0 saturated carbocycles. The van der Waals surface area contributed by atoms with E-state index in [0.29, 0.717) is 32.0 Å². The Morgan fingerprint density at radius 1 is 1.19 bits per heavy atom. The van der Waals surface area contributed by atoms with E-state index in [1.165, 1.54) is 0 Å². The number of nitrogens with one attached hydrogen (secondary N) is 1. The van der Waals surface area contributed by atoms with Gasteiger partial charge >= 0.3 is 0 Å². The number of rotatable bonds is 9. The number of hydrogen-bond donors (Lipinski definition) is 1. The summed E-state index contributed by atoms with van der Waals surface area (Å²) in [5.41, 5.74) is 1.11. The number of benzene rings is 2. The Morgan fingerprint density at radius 2 is 1.97 bits per heavy atom. The number of piperidine rings is 1. The molecule has 1 atom stereocenters. The number of hydrogen-bond acceptors (Lipinski definition) is 4. The largest absolute Gasteiger partial charge is 0.497 e. The van der Waals surface area contributed by atoms with Gasteiger partial charge < -0.3 is 15.0 Å².